The summed E-state index contributed by atoms with van der Waals surface area (Å²) in [6.07, 6.45) is 0. The highest BCUT2D eigenvalue weighted by molar-refractivity contribution is 7.43. The molecular formula is C5H9P. The van der Waals surface area contributed by atoms with Crippen molar-refractivity contribution < 1.29 is 0 Å². The Hall–Kier alpha value is -0.0900. The van der Waals surface area contributed by atoms with Crippen molar-refractivity contribution >= 4 is 14.0 Å². The summed E-state index contributed by atoms with van der Waals surface area (Å²) >= 11 is 0. The molecule has 0 saturated heterocycles. The van der Waals surface area contributed by atoms with Crippen LogP contribution in [0.1, 0.15) is 13.8 Å². The van der Waals surface area contributed by atoms with E-state index in [1.807, 2.05) is 13.8 Å². The summed E-state index contributed by atoms with van der Waals surface area (Å²) in [6, 6.07) is 0. The zero-order chi connectivity index (χ0) is 4.99. The van der Waals surface area contributed by atoms with Gasteiger partial charge in [-0.05, 0) is 19.2 Å². The third-order valence-corrected chi connectivity index (χ3v) is 1.05. The minimum atomic E-state index is 1.21. The molecule has 0 saturated carbocycles. The summed E-state index contributed by atoms with van der Waals surface area (Å²) in [5, 5.41) is 1.21. The highest BCUT2D eigenvalue weighted by atomic mass is 31.1. The molecule has 0 nitrogen and oxygen atoms in total. The van der Waals surface area contributed by atoms with Crippen LogP contribution in [0.25, 0.3) is 0 Å². The smallest absolute Gasteiger partial charge is 0.0312 e. The molecule has 0 N–H and O–H groups in total. The second-order valence-electron chi connectivity index (χ2n) is 1.12. The first-order chi connectivity index (χ1) is 2.77. The molecule has 6 heavy (non-hydrogen) atoms. The molecule has 0 aliphatic rings. The third-order valence-electron chi connectivity index (χ3n) is 0.349. The average Bonchev–Trinajstić information content (AvgIpc) is 1.35. The molecule has 0 radical (unpaired) electrons. The topological polar surface area (TPSA) is 0 Å². The van der Waals surface area contributed by atoms with Crippen LogP contribution in [0, 0.1) is 0 Å². The number of allylic oxidation sites excluding steroid dienone is 1. The fourth-order valence-electron chi connectivity index (χ4n) is 0.220. The second kappa shape index (κ2) is 3.11. The molecule has 0 aromatic carbocycles. The minimum absolute atomic E-state index is 1.21. The number of hydrogen-bond acceptors (Lipinski definition) is 0. The predicted octanol–water partition coefficient (Wildman–Crippen LogP) is 2.29. The van der Waals surface area contributed by atoms with Crippen LogP contribution >= 0.6 is 8.20 Å². The van der Waals surface area contributed by atoms with Gasteiger partial charge in [-0.25, -0.2) is 0 Å². The zero-order valence-corrected chi connectivity index (χ0v) is 5.13. The summed E-state index contributed by atoms with van der Waals surface area (Å²) < 4.78 is 0. The summed E-state index contributed by atoms with van der Waals surface area (Å²) in [6.45, 7) is 7.74. The Morgan fingerprint density at radius 3 is 2.33 bits per heavy atom. The molecule has 0 aromatic rings. The van der Waals surface area contributed by atoms with Gasteiger partial charge in [-0.1, -0.05) is 20.6 Å². The lowest BCUT2D eigenvalue weighted by Gasteiger charge is -1.74. The molecule has 0 heterocycles. The Bertz CT molecular complexity index is 72.0. The van der Waals surface area contributed by atoms with Crippen molar-refractivity contribution in [3.8, 4) is 0 Å². The van der Waals surface area contributed by atoms with E-state index >= 15 is 0 Å². The standard InChI is InChI=1S/C5H9P/c1-4-6-5(2)3/h4H,2H2,1,3H3. The Balaban J connectivity index is 3.30. The van der Waals surface area contributed by atoms with Gasteiger partial charge in [0.25, 0.3) is 0 Å². The van der Waals surface area contributed by atoms with E-state index in [1.165, 1.54) is 13.5 Å². The fraction of sp³-hybridized carbons (Fsp3) is 0.400. The van der Waals surface area contributed by atoms with Crippen LogP contribution in [0.5, 0.6) is 0 Å². The molecule has 0 unspecified atom stereocenters. The van der Waals surface area contributed by atoms with Crippen molar-refractivity contribution in [2.24, 2.45) is 0 Å². The predicted molar refractivity (Wildman–Crippen MR) is 33.5 cm³/mol. The van der Waals surface area contributed by atoms with E-state index in [-0.39, 0.29) is 0 Å². The highest BCUT2D eigenvalue weighted by Gasteiger charge is 1.64. The van der Waals surface area contributed by atoms with Crippen molar-refractivity contribution in [3.63, 3.8) is 0 Å². The lowest BCUT2D eigenvalue weighted by molar-refractivity contribution is 1.73. The maximum absolute atomic E-state index is 3.70. The number of hydrogen-bond donors (Lipinski definition) is 0. The summed E-state index contributed by atoms with van der Waals surface area (Å²) in [7, 11) is 1.26. The van der Waals surface area contributed by atoms with Crippen LogP contribution in [0.4, 0.5) is 0 Å². The molecule has 0 rings (SSSR count). The molecule has 34 valence electrons. The first-order valence-corrected chi connectivity index (χ1v) is 2.88. The SMILES string of the molecule is C=C(C)P=CC. The minimum Gasteiger partial charge on any atom is -0.0915 e. The van der Waals surface area contributed by atoms with Gasteiger partial charge in [0, 0.05) is 0 Å². The normalized spacial score (nSPS) is 9.67. The van der Waals surface area contributed by atoms with E-state index in [4.69, 9.17) is 0 Å². The molecule has 0 aromatic heterocycles. The van der Waals surface area contributed by atoms with Crippen LogP contribution in [-0.4, -0.2) is 5.80 Å². The molecular weight excluding hydrogens is 91.0 g/mol. The van der Waals surface area contributed by atoms with Gasteiger partial charge < -0.3 is 0 Å². The largest absolute Gasteiger partial charge is 0.0915 e. The van der Waals surface area contributed by atoms with Gasteiger partial charge in [-0.15, -0.1) is 0 Å². The molecule has 0 aliphatic carbocycles. The Morgan fingerprint density at radius 2 is 2.33 bits per heavy atom. The van der Waals surface area contributed by atoms with E-state index in [0.717, 1.165) is 0 Å². The maximum atomic E-state index is 3.70. The van der Waals surface area contributed by atoms with E-state index in [9.17, 15) is 0 Å². The lowest BCUT2D eigenvalue weighted by atomic mass is 10.8. The number of rotatable bonds is 1. The van der Waals surface area contributed by atoms with Crippen molar-refractivity contribution in [3.05, 3.63) is 11.9 Å². The van der Waals surface area contributed by atoms with E-state index in [2.05, 4.69) is 12.4 Å². The zero-order valence-electron chi connectivity index (χ0n) is 4.23. The third kappa shape index (κ3) is 3.91. The molecule has 0 amide bonds. The molecule has 0 atom stereocenters. The lowest BCUT2D eigenvalue weighted by Crippen LogP contribution is -1.47. The van der Waals surface area contributed by atoms with E-state index in [0.29, 0.717) is 0 Å². The van der Waals surface area contributed by atoms with Crippen LogP contribution in [0.15, 0.2) is 11.9 Å². The van der Waals surface area contributed by atoms with Gasteiger partial charge in [0.05, 0.1) is 0 Å². The van der Waals surface area contributed by atoms with Crippen LogP contribution in [0.3, 0.4) is 0 Å². The summed E-state index contributed by atoms with van der Waals surface area (Å²) in [5.41, 5.74) is 0. The fourth-order valence-corrected chi connectivity index (χ4v) is 0.661. The Morgan fingerprint density at radius 1 is 1.83 bits per heavy atom. The first-order valence-electron chi connectivity index (χ1n) is 1.91. The Kier molecular flexibility index (Phi) is 3.07. The van der Waals surface area contributed by atoms with Gasteiger partial charge in [-0.2, -0.15) is 0 Å². The van der Waals surface area contributed by atoms with Gasteiger partial charge in [0.1, 0.15) is 0 Å². The molecule has 0 aliphatic heterocycles. The van der Waals surface area contributed by atoms with Gasteiger partial charge in [0.2, 0.25) is 0 Å². The molecule has 0 bridgehead atoms. The monoisotopic (exact) mass is 100 g/mol. The van der Waals surface area contributed by atoms with Crippen LogP contribution in [0.2, 0.25) is 0 Å². The molecule has 0 spiro atoms. The van der Waals surface area contributed by atoms with Gasteiger partial charge >= 0.3 is 0 Å². The van der Waals surface area contributed by atoms with Crippen LogP contribution in [-0.2, 0) is 0 Å². The van der Waals surface area contributed by atoms with Crippen molar-refractivity contribution in [1.82, 2.24) is 0 Å². The van der Waals surface area contributed by atoms with Gasteiger partial charge in [0.15, 0.2) is 0 Å². The first kappa shape index (κ1) is 5.91. The molecule has 1 heteroatoms. The van der Waals surface area contributed by atoms with Crippen molar-refractivity contribution in [2.75, 3.05) is 0 Å². The average molecular weight is 100 g/mol. The van der Waals surface area contributed by atoms with Crippen molar-refractivity contribution in [1.29, 1.82) is 0 Å². The molecule has 0 fully saturated rings. The second-order valence-corrected chi connectivity index (χ2v) is 2.66. The van der Waals surface area contributed by atoms with Crippen molar-refractivity contribution in [2.45, 2.75) is 13.8 Å². The quantitative estimate of drug-likeness (QED) is 0.443. The summed E-state index contributed by atoms with van der Waals surface area (Å²) in [4.78, 5) is 0. The van der Waals surface area contributed by atoms with Crippen LogP contribution < -0.4 is 0 Å². The maximum Gasteiger partial charge on any atom is -0.0312 e. The summed E-state index contributed by atoms with van der Waals surface area (Å²) in [5.74, 6) is 2.07. The highest BCUT2D eigenvalue weighted by Crippen LogP contribution is 2.05. The van der Waals surface area contributed by atoms with E-state index < -0.39 is 0 Å². The van der Waals surface area contributed by atoms with Gasteiger partial charge in [-0.3, -0.25) is 0 Å². The Labute approximate surface area is 40.7 Å². The van der Waals surface area contributed by atoms with E-state index in [1.54, 1.807) is 0 Å².